The van der Waals surface area contributed by atoms with Crippen LogP contribution >= 0.6 is 11.6 Å². The van der Waals surface area contributed by atoms with Crippen molar-refractivity contribution in [3.05, 3.63) is 53.1 Å². The first-order chi connectivity index (χ1) is 18.6. The van der Waals surface area contributed by atoms with Gasteiger partial charge in [-0.3, -0.25) is 14.4 Å². The summed E-state index contributed by atoms with van der Waals surface area (Å²) >= 11 is 6.39. The van der Waals surface area contributed by atoms with Crippen LogP contribution in [0.5, 0.6) is 5.75 Å². The Kier molecular flexibility index (Phi) is 7.11. The van der Waals surface area contributed by atoms with Gasteiger partial charge in [0.25, 0.3) is 0 Å². The Balaban J connectivity index is 1.49. The number of benzene rings is 2. The number of aliphatic hydroxyl groups excluding tert-OH is 1. The van der Waals surface area contributed by atoms with E-state index in [9.17, 15) is 19.5 Å². The number of nitrogens with zero attached hydrogens (tertiary/aromatic N) is 1. The van der Waals surface area contributed by atoms with Gasteiger partial charge >= 0.3 is 0 Å². The van der Waals surface area contributed by atoms with Crippen LogP contribution in [0.4, 0.5) is 11.4 Å². The van der Waals surface area contributed by atoms with E-state index in [4.69, 9.17) is 21.1 Å². The number of anilines is 2. The molecule has 2 aromatic rings. The zero-order valence-electron chi connectivity index (χ0n) is 22.5. The monoisotopic (exact) mass is 555 g/mol. The molecular formula is C29H34ClN3O6. The van der Waals surface area contributed by atoms with Gasteiger partial charge in [0.05, 0.1) is 47.4 Å². The number of nitrogens with one attached hydrogen (secondary N) is 2. The predicted octanol–water partition coefficient (Wildman–Crippen LogP) is 3.77. The Hall–Kier alpha value is -3.14. The van der Waals surface area contributed by atoms with E-state index >= 15 is 0 Å². The summed E-state index contributed by atoms with van der Waals surface area (Å²) in [5.74, 6) is -2.19. The number of hydrogen-bond acceptors (Lipinski definition) is 6. The average Bonchev–Trinajstić information content (AvgIpc) is 3.47. The Morgan fingerprint density at radius 2 is 1.90 bits per heavy atom. The van der Waals surface area contributed by atoms with Crippen molar-refractivity contribution in [2.24, 2.45) is 11.8 Å². The molecular weight excluding hydrogens is 522 g/mol. The first-order valence-corrected chi connectivity index (χ1v) is 13.7. The zero-order valence-corrected chi connectivity index (χ0v) is 23.2. The van der Waals surface area contributed by atoms with Gasteiger partial charge in [-0.15, -0.1) is 0 Å². The Morgan fingerprint density at radius 3 is 2.54 bits per heavy atom. The summed E-state index contributed by atoms with van der Waals surface area (Å²) in [6.45, 7) is 7.43. The van der Waals surface area contributed by atoms with Crippen LogP contribution in [-0.4, -0.2) is 64.2 Å². The van der Waals surface area contributed by atoms with Crippen LogP contribution in [0.25, 0.3) is 0 Å². The van der Waals surface area contributed by atoms with Crippen molar-refractivity contribution >= 4 is 40.7 Å². The molecule has 3 heterocycles. The number of carbonyl (C=O) groups is 3. The third kappa shape index (κ3) is 4.37. The minimum atomic E-state index is -1.21. The van der Waals surface area contributed by atoms with Crippen molar-refractivity contribution in [3.63, 3.8) is 0 Å². The number of halogens is 1. The number of likely N-dealkylation sites (tertiary alicyclic amines) is 1. The lowest BCUT2D eigenvalue weighted by Gasteiger charge is -2.35. The van der Waals surface area contributed by atoms with Crippen LogP contribution in [-0.2, 0) is 19.1 Å². The number of aliphatic hydroxyl groups is 1. The molecule has 3 fully saturated rings. The summed E-state index contributed by atoms with van der Waals surface area (Å²) in [7, 11) is 0. The van der Waals surface area contributed by atoms with Gasteiger partial charge in [-0.25, -0.2) is 0 Å². The van der Waals surface area contributed by atoms with Gasteiger partial charge in [0.15, 0.2) is 0 Å². The van der Waals surface area contributed by atoms with Gasteiger partial charge in [-0.2, -0.15) is 0 Å². The Labute approximate surface area is 232 Å². The standard InChI is InChI=1S/C29H34ClN3O6/c1-5-38-19-11-9-18(10-12-19)31-25(35)21-22-27(37)33(17(3)15-34)24(29(22)14-13-28(21,4)39-29)26(36)32-23-16(2)7-6-8-20(23)30/h6-12,17,21-22,24,34H,5,13-15H2,1-4H3,(H,31,35)(H,32,36)/t17-,21-,22+,24?,28+,29?/m1/s1. The summed E-state index contributed by atoms with van der Waals surface area (Å²) in [4.78, 5) is 43.1. The summed E-state index contributed by atoms with van der Waals surface area (Å²) in [5.41, 5.74) is -0.347. The van der Waals surface area contributed by atoms with Crippen molar-refractivity contribution < 1.29 is 29.0 Å². The molecule has 6 atom stereocenters. The van der Waals surface area contributed by atoms with E-state index in [2.05, 4.69) is 10.6 Å². The molecule has 3 saturated heterocycles. The molecule has 5 rings (SSSR count). The highest BCUT2D eigenvalue weighted by Crippen LogP contribution is 2.63. The van der Waals surface area contributed by atoms with E-state index in [1.807, 2.05) is 26.8 Å². The van der Waals surface area contributed by atoms with Gasteiger partial charge in [0.1, 0.15) is 17.4 Å². The van der Waals surface area contributed by atoms with Crippen LogP contribution in [0.15, 0.2) is 42.5 Å². The minimum absolute atomic E-state index is 0.344. The topological polar surface area (TPSA) is 117 Å². The van der Waals surface area contributed by atoms with Crippen molar-refractivity contribution in [2.45, 2.75) is 63.8 Å². The molecule has 2 bridgehead atoms. The quantitative estimate of drug-likeness (QED) is 0.456. The average molecular weight is 556 g/mol. The number of aryl methyl sites for hydroxylation is 1. The van der Waals surface area contributed by atoms with E-state index in [-0.39, 0.29) is 18.4 Å². The van der Waals surface area contributed by atoms with Crippen molar-refractivity contribution in [1.82, 2.24) is 4.90 Å². The second kappa shape index (κ2) is 10.1. The predicted molar refractivity (Wildman–Crippen MR) is 147 cm³/mol. The highest BCUT2D eigenvalue weighted by molar-refractivity contribution is 6.34. The van der Waals surface area contributed by atoms with Crippen LogP contribution < -0.4 is 15.4 Å². The van der Waals surface area contributed by atoms with Crippen molar-refractivity contribution in [2.75, 3.05) is 23.8 Å². The molecule has 2 aromatic carbocycles. The molecule has 10 heteroatoms. The lowest BCUT2D eigenvalue weighted by molar-refractivity contribution is -0.146. The van der Waals surface area contributed by atoms with E-state index in [1.165, 1.54) is 4.90 Å². The number of fused-ring (bicyclic) bond motifs is 1. The van der Waals surface area contributed by atoms with Gasteiger partial charge in [0, 0.05) is 5.69 Å². The molecule has 39 heavy (non-hydrogen) atoms. The van der Waals surface area contributed by atoms with Gasteiger partial charge in [0.2, 0.25) is 17.7 Å². The Bertz CT molecular complexity index is 1280. The maximum absolute atomic E-state index is 14.0. The zero-order chi connectivity index (χ0) is 28.1. The van der Waals surface area contributed by atoms with E-state index in [0.717, 1.165) is 5.56 Å². The molecule has 0 saturated carbocycles. The lowest BCUT2D eigenvalue weighted by Crippen LogP contribution is -2.56. The van der Waals surface area contributed by atoms with Gasteiger partial charge < -0.3 is 30.1 Å². The van der Waals surface area contributed by atoms with E-state index < -0.39 is 41.0 Å². The summed E-state index contributed by atoms with van der Waals surface area (Å²) in [6.07, 6.45) is 0.940. The van der Waals surface area contributed by atoms with Gasteiger partial charge in [-0.1, -0.05) is 23.7 Å². The molecule has 3 amide bonds. The van der Waals surface area contributed by atoms with E-state index in [0.29, 0.717) is 41.6 Å². The maximum Gasteiger partial charge on any atom is 0.250 e. The molecule has 3 N–H and O–H groups in total. The molecule has 208 valence electrons. The van der Waals surface area contributed by atoms with Crippen LogP contribution in [0.2, 0.25) is 5.02 Å². The second-order valence-corrected chi connectivity index (χ2v) is 11.3. The smallest absolute Gasteiger partial charge is 0.250 e. The fraction of sp³-hybridized carbons (Fsp3) is 0.483. The molecule has 0 aromatic heterocycles. The third-order valence-electron chi connectivity index (χ3n) is 8.39. The van der Waals surface area contributed by atoms with E-state index in [1.54, 1.807) is 43.3 Å². The number of ether oxygens (including phenoxy) is 2. The molecule has 0 aliphatic carbocycles. The summed E-state index contributed by atoms with van der Waals surface area (Å²) in [5, 5.41) is 16.3. The lowest BCUT2D eigenvalue weighted by atomic mass is 9.66. The SMILES string of the molecule is CCOc1ccc(NC(=O)[C@H]2[C@H]3C(=O)N([C@H](C)CO)C(C(=O)Nc4c(C)cccc4Cl)C34CC[C@]2(C)O4)cc1. The fourth-order valence-corrected chi connectivity index (χ4v) is 6.90. The highest BCUT2D eigenvalue weighted by atomic mass is 35.5. The highest BCUT2D eigenvalue weighted by Gasteiger charge is 2.78. The minimum Gasteiger partial charge on any atom is -0.494 e. The van der Waals surface area contributed by atoms with Crippen molar-refractivity contribution in [3.8, 4) is 5.75 Å². The number of rotatable bonds is 8. The van der Waals surface area contributed by atoms with Crippen LogP contribution in [0.1, 0.15) is 39.2 Å². The third-order valence-corrected chi connectivity index (χ3v) is 8.70. The molecule has 3 aliphatic rings. The molecule has 0 radical (unpaired) electrons. The number of para-hydroxylation sites is 1. The molecule has 3 aliphatic heterocycles. The Morgan fingerprint density at radius 1 is 1.18 bits per heavy atom. The first-order valence-electron chi connectivity index (χ1n) is 13.3. The van der Waals surface area contributed by atoms with Gasteiger partial charge in [-0.05, 0) is 76.4 Å². The molecule has 2 unspecified atom stereocenters. The van der Waals surface area contributed by atoms with Crippen LogP contribution in [0, 0.1) is 18.8 Å². The maximum atomic E-state index is 14.0. The van der Waals surface area contributed by atoms with Crippen LogP contribution in [0.3, 0.4) is 0 Å². The normalized spacial score (nSPS) is 29.7. The van der Waals surface area contributed by atoms with Crippen molar-refractivity contribution in [1.29, 1.82) is 0 Å². The fourth-order valence-electron chi connectivity index (χ4n) is 6.63. The summed E-state index contributed by atoms with van der Waals surface area (Å²) in [6, 6.07) is 10.6. The largest absolute Gasteiger partial charge is 0.494 e. The second-order valence-electron chi connectivity index (χ2n) is 10.9. The number of carbonyl (C=O) groups excluding carboxylic acids is 3. The molecule has 9 nitrogen and oxygen atoms in total. The number of amides is 3. The first kappa shape index (κ1) is 27.4. The summed E-state index contributed by atoms with van der Waals surface area (Å²) < 4.78 is 12.1. The number of hydrogen-bond donors (Lipinski definition) is 3. The molecule has 1 spiro atoms.